The molecule has 22 heavy (non-hydrogen) atoms. The number of aryl methyl sites for hydroxylation is 1. The molecular weight excluding hydrogens is 278 g/mol. The van der Waals surface area contributed by atoms with Gasteiger partial charge in [-0.3, -0.25) is 9.36 Å². The minimum Gasteiger partial charge on any atom is -0.464 e. The van der Waals surface area contributed by atoms with Gasteiger partial charge in [0.1, 0.15) is 17.2 Å². The van der Waals surface area contributed by atoms with Crippen molar-refractivity contribution in [3.63, 3.8) is 0 Å². The number of benzene rings is 1. The lowest BCUT2D eigenvalue weighted by Gasteiger charge is -2.13. The van der Waals surface area contributed by atoms with Crippen LogP contribution in [0.1, 0.15) is 35.0 Å². The molecule has 1 amide bonds. The molecule has 1 atom stereocenters. The van der Waals surface area contributed by atoms with Gasteiger partial charge in [0, 0.05) is 5.69 Å². The van der Waals surface area contributed by atoms with Gasteiger partial charge < -0.3 is 9.73 Å². The molecule has 0 aliphatic heterocycles. The Morgan fingerprint density at radius 3 is 2.68 bits per heavy atom. The number of para-hydroxylation sites is 1. The number of furan rings is 1. The number of nitrogens with one attached hydrogen (secondary N) is 1. The highest BCUT2D eigenvalue weighted by molar-refractivity contribution is 5.93. The lowest BCUT2D eigenvalue weighted by molar-refractivity contribution is 0.0928. The SMILES string of the molecule is Cc1ccc(C(C)NC(=O)c2cncn2-c2ccccc2)o1. The number of amides is 1. The van der Waals surface area contributed by atoms with E-state index in [1.165, 1.54) is 0 Å². The first kappa shape index (κ1) is 14.1. The van der Waals surface area contributed by atoms with E-state index in [2.05, 4.69) is 10.3 Å². The number of carbonyl (C=O) groups is 1. The monoisotopic (exact) mass is 295 g/mol. The molecular formula is C17H17N3O2. The van der Waals surface area contributed by atoms with Gasteiger partial charge in [-0.25, -0.2) is 4.98 Å². The van der Waals surface area contributed by atoms with E-state index in [0.29, 0.717) is 5.69 Å². The number of imidazole rings is 1. The second-order valence-electron chi connectivity index (χ2n) is 5.13. The van der Waals surface area contributed by atoms with Gasteiger partial charge in [-0.1, -0.05) is 18.2 Å². The third-order valence-electron chi connectivity index (χ3n) is 3.44. The summed E-state index contributed by atoms with van der Waals surface area (Å²) in [5.41, 5.74) is 1.38. The van der Waals surface area contributed by atoms with E-state index in [9.17, 15) is 4.79 Å². The molecule has 3 aromatic rings. The van der Waals surface area contributed by atoms with Crippen LogP contribution in [0.5, 0.6) is 0 Å². The molecule has 0 saturated heterocycles. The van der Waals surface area contributed by atoms with Crippen molar-refractivity contribution in [3.8, 4) is 5.69 Å². The first-order chi connectivity index (χ1) is 10.6. The van der Waals surface area contributed by atoms with E-state index >= 15 is 0 Å². The number of hydrogen-bond donors (Lipinski definition) is 1. The molecule has 1 unspecified atom stereocenters. The maximum Gasteiger partial charge on any atom is 0.270 e. The third kappa shape index (κ3) is 2.79. The van der Waals surface area contributed by atoms with E-state index in [4.69, 9.17) is 4.42 Å². The highest BCUT2D eigenvalue weighted by Crippen LogP contribution is 2.17. The first-order valence-electron chi connectivity index (χ1n) is 7.10. The zero-order valence-electron chi connectivity index (χ0n) is 12.5. The Labute approximate surface area is 128 Å². The lowest BCUT2D eigenvalue weighted by Crippen LogP contribution is -2.28. The van der Waals surface area contributed by atoms with E-state index in [0.717, 1.165) is 17.2 Å². The summed E-state index contributed by atoms with van der Waals surface area (Å²) in [7, 11) is 0. The van der Waals surface area contributed by atoms with Gasteiger partial charge in [0.2, 0.25) is 0 Å². The molecule has 0 spiro atoms. The van der Waals surface area contributed by atoms with Gasteiger partial charge in [-0.2, -0.15) is 0 Å². The summed E-state index contributed by atoms with van der Waals surface area (Å²) >= 11 is 0. The summed E-state index contributed by atoms with van der Waals surface area (Å²) < 4.78 is 7.30. The number of aromatic nitrogens is 2. The fourth-order valence-electron chi connectivity index (χ4n) is 2.29. The van der Waals surface area contributed by atoms with Crippen LogP contribution in [0.4, 0.5) is 0 Å². The predicted octanol–water partition coefficient (Wildman–Crippen LogP) is 3.26. The van der Waals surface area contributed by atoms with Crippen LogP contribution in [-0.4, -0.2) is 15.5 Å². The molecule has 0 saturated carbocycles. The molecule has 2 heterocycles. The van der Waals surface area contributed by atoms with Crippen molar-refractivity contribution in [2.24, 2.45) is 0 Å². The van der Waals surface area contributed by atoms with Crippen LogP contribution in [0.3, 0.4) is 0 Å². The quantitative estimate of drug-likeness (QED) is 0.803. The minimum absolute atomic E-state index is 0.192. The highest BCUT2D eigenvalue weighted by Gasteiger charge is 2.17. The lowest BCUT2D eigenvalue weighted by atomic mass is 10.2. The van der Waals surface area contributed by atoms with Crippen molar-refractivity contribution in [1.29, 1.82) is 0 Å². The predicted molar refractivity (Wildman–Crippen MR) is 82.9 cm³/mol. The fourth-order valence-corrected chi connectivity index (χ4v) is 2.29. The molecule has 2 aromatic heterocycles. The average Bonchev–Trinajstić information content (AvgIpc) is 3.16. The summed E-state index contributed by atoms with van der Waals surface area (Å²) in [5, 5.41) is 2.93. The Balaban J connectivity index is 1.80. The topological polar surface area (TPSA) is 60.1 Å². The third-order valence-corrected chi connectivity index (χ3v) is 3.44. The Bertz CT molecular complexity index is 774. The number of hydrogen-bond acceptors (Lipinski definition) is 3. The van der Waals surface area contributed by atoms with Crippen LogP contribution < -0.4 is 5.32 Å². The summed E-state index contributed by atoms with van der Waals surface area (Å²) in [6, 6.07) is 13.2. The van der Waals surface area contributed by atoms with Gasteiger partial charge in [-0.05, 0) is 38.1 Å². The van der Waals surface area contributed by atoms with Crippen molar-refractivity contribution >= 4 is 5.91 Å². The normalized spacial score (nSPS) is 12.1. The van der Waals surface area contributed by atoms with Gasteiger partial charge in [0.05, 0.1) is 18.6 Å². The van der Waals surface area contributed by atoms with Crippen molar-refractivity contribution in [2.75, 3.05) is 0 Å². The maximum absolute atomic E-state index is 12.5. The molecule has 0 aliphatic carbocycles. The molecule has 0 aliphatic rings. The molecule has 0 bridgehead atoms. The van der Waals surface area contributed by atoms with Gasteiger partial charge in [0.25, 0.3) is 5.91 Å². The molecule has 1 N–H and O–H groups in total. The van der Waals surface area contributed by atoms with Crippen molar-refractivity contribution in [3.05, 3.63) is 72.2 Å². The van der Waals surface area contributed by atoms with Crippen LogP contribution in [0.2, 0.25) is 0 Å². The zero-order valence-corrected chi connectivity index (χ0v) is 12.5. The second kappa shape index (κ2) is 5.89. The van der Waals surface area contributed by atoms with Crippen LogP contribution in [0, 0.1) is 6.92 Å². The molecule has 3 rings (SSSR count). The largest absolute Gasteiger partial charge is 0.464 e. The Morgan fingerprint density at radius 2 is 2.00 bits per heavy atom. The Hall–Kier alpha value is -2.82. The van der Waals surface area contributed by atoms with E-state index in [-0.39, 0.29) is 11.9 Å². The molecule has 112 valence electrons. The van der Waals surface area contributed by atoms with Crippen molar-refractivity contribution in [2.45, 2.75) is 19.9 Å². The number of rotatable bonds is 4. The number of carbonyl (C=O) groups excluding carboxylic acids is 1. The molecule has 1 aromatic carbocycles. The minimum atomic E-state index is -0.208. The molecule has 0 fully saturated rings. The second-order valence-corrected chi connectivity index (χ2v) is 5.13. The van der Waals surface area contributed by atoms with E-state index in [1.54, 1.807) is 17.1 Å². The average molecular weight is 295 g/mol. The van der Waals surface area contributed by atoms with E-state index in [1.807, 2.05) is 56.3 Å². The zero-order chi connectivity index (χ0) is 15.5. The summed E-state index contributed by atoms with van der Waals surface area (Å²) in [5.74, 6) is 1.37. The smallest absolute Gasteiger partial charge is 0.270 e. The highest BCUT2D eigenvalue weighted by atomic mass is 16.3. The van der Waals surface area contributed by atoms with Crippen LogP contribution in [-0.2, 0) is 0 Å². The summed E-state index contributed by atoms with van der Waals surface area (Å²) in [4.78, 5) is 16.6. The van der Waals surface area contributed by atoms with Crippen LogP contribution in [0.25, 0.3) is 5.69 Å². The summed E-state index contributed by atoms with van der Waals surface area (Å²) in [6.07, 6.45) is 3.19. The van der Waals surface area contributed by atoms with Crippen LogP contribution in [0.15, 0.2) is 59.4 Å². The van der Waals surface area contributed by atoms with Gasteiger partial charge in [-0.15, -0.1) is 0 Å². The van der Waals surface area contributed by atoms with Crippen LogP contribution >= 0.6 is 0 Å². The molecule has 5 heteroatoms. The maximum atomic E-state index is 12.5. The van der Waals surface area contributed by atoms with Gasteiger partial charge >= 0.3 is 0 Å². The van der Waals surface area contributed by atoms with Gasteiger partial charge in [0.15, 0.2) is 0 Å². The van der Waals surface area contributed by atoms with Crippen molar-refractivity contribution in [1.82, 2.24) is 14.9 Å². The van der Waals surface area contributed by atoms with E-state index < -0.39 is 0 Å². The fraction of sp³-hybridized carbons (Fsp3) is 0.176. The standard InChI is InChI=1S/C17H17N3O2/c1-12-8-9-16(22-12)13(2)19-17(21)15-10-18-11-20(15)14-6-4-3-5-7-14/h3-11,13H,1-2H3,(H,19,21). The summed E-state index contributed by atoms with van der Waals surface area (Å²) in [6.45, 7) is 3.77. The Morgan fingerprint density at radius 1 is 1.23 bits per heavy atom. The Kier molecular flexibility index (Phi) is 3.78. The van der Waals surface area contributed by atoms with Crippen molar-refractivity contribution < 1.29 is 9.21 Å². The molecule has 0 radical (unpaired) electrons. The first-order valence-corrected chi connectivity index (χ1v) is 7.10. The molecule has 5 nitrogen and oxygen atoms in total. The number of nitrogens with zero attached hydrogens (tertiary/aromatic N) is 2.